The maximum atomic E-state index is 15.8. The second-order valence-electron chi connectivity index (χ2n) is 16.8. The average Bonchev–Trinajstić information content (AvgIpc) is 3.55. The van der Waals surface area contributed by atoms with Crippen molar-refractivity contribution in [2.45, 2.75) is 61.9 Å². The minimum Gasteiger partial charge on any atom is -0.344 e. The van der Waals surface area contributed by atoms with Crippen molar-refractivity contribution in [3.8, 4) is 16.8 Å². The largest absolute Gasteiger partial charge is 0.344 e. The van der Waals surface area contributed by atoms with E-state index in [4.69, 9.17) is 16.6 Å². The molecule has 350 valence electrons. The molecule has 0 saturated heterocycles. The normalized spacial score (nSPS) is 18.1. The van der Waals surface area contributed by atoms with Crippen molar-refractivity contribution in [3.05, 3.63) is 128 Å². The van der Waals surface area contributed by atoms with Crippen molar-refractivity contribution in [3.63, 3.8) is 0 Å². The number of hydrogen-bond acceptors (Lipinski definition) is 9. The van der Waals surface area contributed by atoms with E-state index >= 15 is 13.6 Å². The molecule has 1 unspecified atom stereocenters. The Labute approximate surface area is 382 Å². The van der Waals surface area contributed by atoms with Gasteiger partial charge in [0.2, 0.25) is 15.9 Å². The summed E-state index contributed by atoms with van der Waals surface area (Å²) < 4.78 is 146. The van der Waals surface area contributed by atoms with Gasteiger partial charge in [0.1, 0.15) is 35.4 Å². The van der Waals surface area contributed by atoms with Crippen molar-refractivity contribution in [2.75, 3.05) is 16.7 Å². The van der Waals surface area contributed by atoms with Gasteiger partial charge in [-0.05, 0) is 60.0 Å². The highest BCUT2D eigenvalue weighted by Gasteiger charge is 2.74. The number of aryl methyl sites for hydroxylation is 1. The summed E-state index contributed by atoms with van der Waals surface area (Å²) in [6.07, 6.45) is -2.98. The Morgan fingerprint density at radius 3 is 2.36 bits per heavy atom. The number of sulfonamides is 1. The molecule has 67 heavy (non-hydrogen) atoms. The standard InChI is InChI=1S/C44H37ClF6N8O6S2/c1-5-67(64,65)31-9-7-6-8-25(31)22-10-11-26-28(17-22)53-41(59(42(26)61)30-13-12-27(45)34-37(30)57(3)55-40(34)56-66(4,62)63)29(16-21-14-23(46)18-24(47)15-21)52-33(60)20-58-38-35(36(54-58)39(48)49)43(2)19-32(43)44(38,50)51/h6-15,17-18,29,32,39H,5,16,19-20H2,1-4H3,(H,52,60)(H,55,56)/t29-,32?,43+/m0/s1. The summed E-state index contributed by atoms with van der Waals surface area (Å²) in [7, 11) is -6.32. The number of carbonyl (C=O) groups is 1. The van der Waals surface area contributed by atoms with E-state index in [9.17, 15) is 39.2 Å². The number of anilines is 1. The molecule has 2 N–H and O–H groups in total. The predicted molar refractivity (Wildman–Crippen MR) is 236 cm³/mol. The van der Waals surface area contributed by atoms with E-state index in [2.05, 4.69) is 20.2 Å². The number of nitrogens with one attached hydrogen (secondary N) is 2. The van der Waals surface area contributed by atoms with Crippen LogP contribution in [0.3, 0.4) is 0 Å². The first kappa shape index (κ1) is 45.9. The van der Waals surface area contributed by atoms with E-state index < -0.39 is 97.0 Å². The summed E-state index contributed by atoms with van der Waals surface area (Å²) in [6.45, 7) is 1.86. The Morgan fingerprint density at radius 2 is 1.69 bits per heavy atom. The van der Waals surface area contributed by atoms with Gasteiger partial charge >= 0.3 is 0 Å². The van der Waals surface area contributed by atoms with E-state index in [0.717, 1.165) is 23.0 Å². The Hall–Kier alpha value is -6.26. The van der Waals surface area contributed by atoms with Gasteiger partial charge in [-0.1, -0.05) is 49.7 Å². The molecule has 2 aliphatic rings. The molecule has 7 aromatic rings. The first-order valence-corrected chi connectivity index (χ1v) is 24.4. The Morgan fingerprint density at radius 1 is 0.985 bits per heavy atom. The van der Waals surface area contributed by atoms with Crippen LogP contribution in [0.4, 0.5) is 32.2 Å². The summed E-state index contributed by atoms with van der Waals surface area (Å²) >= 11 is 6.65. The van der Waals surface area contributed by atoms with Gasteiger partial charge in [-0.25, -0.2) is 39.4 Å². The number of amides is 1. The molecule has 9 rings (SSSR count). The van der Waals surface area contributed by atoms with Crippen LogP contribution in [0.5, 0.6) is 0 Å². The number of nitrogens with zero attached hydrogens (tertiary/aromatic N) is 6. The number of benzene rings is 4. The van der Waals surface area contributed by atoms with Crippen LogP contribution < -0.4 is 15.6 Å². The third-order valence-corrected chi connectivity index (χ3v) is 15.0. The molecule has 2 aliphatic carbocycles. The second-order valence-corrected chi connectivity index (χ2v) is 21.2. The zero-order valence-corrected chi connectivity index (χ0v) is 38.0. The highest BCUT2D eigenvalue weighted by atomic mass is 35.5. The summed E-state index contributed by atoms with van der Waals surface area (Å²) in [5.41, 5.74) is -3.75. The van der Waals surface area contributed by atoms with Gasteiger partial charge in [-0.15, -0.1) is 0 Å². The van der Waals surface area contributed by atoms with Crippen LogP contribution in [0.1, 0.15) is 61.1 Å². The van der Waals surface area contributed by atoms with Crippen LogP contribution >= 0.6 is 11.6 Å². The SMILES string of the molecule is CCS(=O)(=O)c1ccccc1-c1ccc2c(=O)n(-c3ccc(Cl)c4c(NS(C)(=O)=O)nn(C)c34)c([C@H](Cc3cc(F)cc(F)c3)NC(=O)Cn3nc(C(F)F)c4c3C(F)(F)C3C[C@@]43C)nc2c1. The third kappa shape index (κ3) is 7.81. The molecule has 3 atom stereocenters. The van der Waals surface area contributed by atoms with E-state index in [1.807, 2.05) is 0 Å². The Balaban J connectivity index is 1.28. The summed E-state index contributed by atoms with van der Waals surface area (Å²) in [6, 6.07) is 14.0. The monoisotopic (exact) mass is 986 g/mol. The van der Waals surface area contributed by atoms with Crippen molar-refractivity contribution >= 4 is 65.0 Å². The number of sulfone groups is 1. The fourth-order valence-corrected chi connectivity index (χ4v) is 11.1. The molecule has 3 heterocycles. The first-order valence-electron chi connectivity index (χ1n) is 20.5. The van der Waals surface area contributed by atoms with E-state index in [0.29, 0.717) is 16.3 Å². The van der Waals surface area contributed by atoms with Crippen molar-refractivity contribution in [1.82, 2.24) is 34.4 Å². The number of aromatic nitrogens is 6. The number of hydrogen-bond donors (Lipinski definition) is 2. The summed E-state index contributed by atoms with van der Waals surface area (Å²) in [5.74, 6) is -8.86. The first-order chi connectivity index (χ1) is 31.4. The Bertz CT molecular complexity index is 3530. The average molecular weight is 987 g/mol. The lowest BCUT2D eigenvalue weighted by Gasteiger charge is -2.24. The van der Waals surface area contributed by atoms with Gasteiger partial charge in [-0.3, -0.25) is 28.2 Å². The second kappa shape index (κ2) is 15.9. The van der Waals surface area contributed by atoms with Gasteiger partial charge in [0.15, 0.2) is 15.7 Å². The lowest BCUT2D eigenvalue weighted by Crippen LogP contribution is -2.38. The number of halogens is 7. The highest BCUT2D eigenvalue weighted by molar-refractivity contribution is 7.92. The smallest absolute Gasteiger partial charge is 0.293 e. The highest BCUT2D eigenvalue weighted by Crippen LogP contribution is 2.71. The van der Waals surface area contributed by atoms with Gasteiger partial charge in [0, 0.05) is 42.0 Å². The maximum absolute atomic E-state index is 15.8. The van der Waals surface area contributed by atoms with Crippen LogP contribution in [0.25, 0.3) is 38.6 Å². The Kier molecular flexibility index (Phi) is 10.9. The maximum Gasteiger partial charge on any atom is 0.293 e. The molecule has 1 amide bonds. The molecule has 1 saturated carbocycles. The van der Waals surface area contributed by atoms with Crippen molar-refractivity contribution in [1.29, 1.82) is 0 Å². The fraction of sp³-hybridized carbons (Fsp3) is 0.295. The number of rotatable bonds is 13. The molecular weight excluding hydrogens is 950 g/mol. The lowest BCUT2D eigenvalue weighted by atomic mass is 9.99. The number of fused-ring (bicyclic) bond motifs is 5. The molecular formula is C44H37ClF6N8O6S2. The van der Waals surface area contributed by atoms with Crippen LogP contribution in [-0.2, 0) is 56.0 Å². The van der Waals surface area contributed by atoms with Crippen LogP contribution in [0, 0.1) is 17.6 Å². The molecule has 0 bridgehead atoms. The zero-order valence-electron chi connectivity index (χ0n) is 35.6. The minimum atomic E-state index is -3.96. The van der Waals surface area contributed by atoms with Crippen LogP contribution in [0.15, 0.2) is 82.5 Å². The summed E-state index contributed by atoms with van der Waals surface area (Å²) in [4.78, 5) is 34.3. The van der Waals surface area contributed by atoms with Gasteiger partial charge in [0.25, 0.3) is 17.9 Å². The number of carbonyl (C=O) groups excluding carboxylic acids is 1. The molecule has 23 heteroatoms. The van der Waals surface area contributed by atoms with Gasteiger partial charge in [-0.2, -0.15) is 19.0 Å². The topological polar surface area (TPSA) is 180 Å². The van der Waals surface area contributed by atoms with Gasteiger partial charge < -0.3 is 5.32 Å². The van der Waals surface area contributed by atoms with Gasteiger partial charge in [0.05, 0.1) is 55.5 Å². The molecule has 0 aliphatic heterocycles. The van der Waals surface area contributed by atoms with E-state index in [-0.39, 0.29) is 77.9 Å². The molecule has 14 nitrogen and oxygen atoms in total. The van der Waals surface area contributed by atoms with E-state index in [1.165, 1.54) is 62.0 Å². The van der Waals surface area contributed by atoms with E-state index in [1.54, 1.807) is 18.2 Å². The molecule has 1 fully saturated rings. The van der Waals surface area contributed by atoms with Crippen LogP contribution in [-0.4, -0.2) is 63.9 Å². The molecule has 0 spiro atoms. The number of alkyl halides is 4. The zero-order chi connectivity index (χ0) is 48.3. The lowest BCUT2D eigenvalue weighted by molar-refractivity contribution is -0.123. The van der Waals surface area contributed by atoms with Crippen molar-refractivity contribution in [2.24, 2.45) is 13.0 Å². The fourth-order valence-electron chi connectivity index (χ4n) is 9.29. The third-order valence-electron chi connectivity index (χ3n) is 12.3. The molecule has 0 radical (unpaired) electrons. The molecule has 3 aromatic heterocycles. The predicted octanol–water partition coefficient (Wildman–Crippen LogP) is 7.65. The van der Waals surface area contributed by atoms with Crippen LogP contribution in [0.2, 0.25) is 5.02 Å². The molecule has 4 aromatic carbocycles. The summed E-state index contributed by atoms with van der Waals surface area (Å²) in [5, 5.41) is 10.7. The van der Waals surface area contributed by atoms with Crippen molar-refractivity contribution < 1.29 is 48.0 Å². The minimum absolute atomic E-state index is 0.00926. The quantitative estimate of drug-likeness (QED) is 0.110.